The Morgan fingerprint density at radius 3 is 2.56 bits per heavy atom. The first-order chi connectivity index (χ1) is 7.39. The summed E-state index contributed by atoms with van der Waals surface area (Å²) in [6, 6.07) is 0. The summed E-state index contributed by atoms with van der Waals surface area (Å²) in [5.41, 5.74) is 5.35. The zero-order valence-corrected chi connectivity index (χ0v) is 8.80. The molecule has 0 heterocycles. The first-order valence-corrected chi connectivity index (χ1v) is 5.18. The van der Waals surface area contributed by atoms with E-state index in [9.17, 15) is 13.2 Å². The van der Waals surface area contributed by atoms with Gasteiger partial charge in [-0.3, -0.25) is 4.99 Å². The Kier molecular flexibility index (Phi) is 4.40. The number of hydrogen-bond acceptors (Lipinski definition) is 2. The van der Waals surface area contributed by atoms with Crippen LogP contribution in [0.25, 0.3) is 0 Å². The van der Waals surface area contributed by atoms with Crippen LogP contribution in [0.3, 0.4) is 0 Å². The summed E-state index contributed by atoms with van der Waals surface area (Å²) in [6.07, 6.45) is -3.67. The van der Waals surface area contributed by atoms with Gasteiger partial charge in [0.1, 0.15) is 0 Å². The Balaban J connectivity index is 2.21. The van der Waals surface area contributed by atoms with Gasteiger partial charge in [-0.15, -0.1) is 0 Å². The van der Waals surface area contributed by atoms with Crippen molar-refractivity contribution in [2.75, 3.05) is 13.1 Å². The highest BCUT2D eigenvalue weighted by atomic mass is 19.4. The van der Waals surface area contributed by atoms with Crippen LogP contribution >= 0.6 is 0 Å². The monoisotopic (exact) mass is 239 g/mol. The third-order valence-electron chi connectivity index (χ3n) is 2.61. The molecule has 4 nitrogen and oxygen atoms in total. The smallest absolute Gasteiger partial charge is 0.382 e. The lowest BCUT2D eigenvalue weighted by Gasteiger charge is -2.25. The van der Waals surface area contributed by atoms with Gasteiger partial charge in [-0.05, 0) is 18.8 Å². The van der Waals surface area contributed by atoms with Crippen molar-refractivity contribution >= 4 is 5.96 Å². The minimum Gasteiger partial charge on any atom is -0.382 e. The molecule has 0 aliphatic heterocycles. The van der Waals surface area contributed by atoms with Crippen LogP contribution in [0.15, 0.2) is 4.99 Å². The average Bonchev–Trinajstić information content (AvgIpc) is 2.10. The Hall–Kier alpha value is -0.980. The Bertz CT molecular complexity index is 251. The fourth-order valence-electron chi connectivity index (χ4n) is 1.29. The summed E-state index contributed by atoms with van der Waals surface area (Å²) in [5, 5.41) is 11.4. The second kappa shape index (κ2) is 5.38. The molecular formula is C9H16F3N3O. The summed E-state index contributed by atoms with van der Waals surface area (Å²) in [7, 11) is 0. The van der Waals surface area contributed by atoms with Gasteiger partial charge in [-0.25, -0.2) is 0 Å². The highest BCUT2D eigenvalue weighted by Crippen LogP contribution is 2.25. The summed E-state index contributed by atoms with van der Waals surface area (Å²) >= 11 is 0. The van der Waals surface area contributed by atoms with Crippen LogP contribution in [0.1, 0.15) is 19.3 Å². The van der Waals surface area contributed by atoms with E-state index in [-0.39, 0.29) is 5.96 Å². The first-order valence-electron chi connectivity index (χ1n) is 5.18. The molecule has 16 heavy (non-hydrogen) atoms. The molecule has 1 fully saturated rings. The maximum atomic E-state index is 11.9. The van der Waals surface area contributed by atoms with Crippen molar-refractivity contribution in [2.24, 2.45) is 16.6 Å². The molecule has 0 radical (unpaired) electrons. The van der Waals surface area contributed by atoms with E-state index in [0.29, 0.717) is 12.5 Å². The SMILES string of the molecule is NC(=NCC(O)C(F)(F)F)NCC1CCC1. The van der Waals surface area contributed by atoms with Gasteiger partial charge in [-0.1, -0.05) is 6.42 Å². The van der Waals surface area contributed by atoms with Gasteiger partial charge in [0.05, 0.1) is 6.54 Å². The second-order valence-electron chi connectivity index (χ2n) is 3.96. The van der Waals surface area contributed by atoms with E-state index in [0.717, 1.165) is 12.8 Å². The molecule has 0 spiro atoms. The van der Waals surface area contributed by atoms with Crippen molar-refractivity contribution < 1.29 is 18.3 Å². The quantitative estimate of drug-likeness (QED) is 0.497. The van der Waals surface area contributed by atoms with Gasteiger partial charge in [0, 0.05) is 6.54 Å². The molecule has 0 aromatic carbocycles. The number of nitrogens with one attached hydrogen (secondary N) is 1. The molecule has 0 aromatic heterocycles. The maximum Gasteiger partial charge on any atom is 0.416 e. The van der Waals surface area contributed by atoms with Crippen LogP contribution in [0, 0.1) is 5.92 Å². The molecule has 4 N–H and O–H groups in total. The molecule has 94 valence electrons. The Morgan fingerprint density at radius 2 is 2.12 bits per heavy atom. The van der Waals surface area contributed by atoms with Crippen molar-refractivity contribution in [1.82, 2.24) is 5.32 Å². The molecular weight excluding hydrogens is 223 g/mol. The molecule has 1 atom stereocenters. The Morgan fingerprint density at radius 1 is 1.50 bits per heavy atom. The predicted octanol–water partition coefficient (Wildman–Crippen LogP) is 0.614. The number of aliphatic hydroxyl groups excluding tert-OH is 1. The van der Waals surface area contributed by atoms with E-state index in [1.165, 1.54) is 6.42 Å². The molecule has 1 unspecified atom stereocenters. The zero-order chi connectivity index (χ0) is 12.2. The maximum absolute atomic E-state index is 11.9. The lowest BCUT2D eigenvalue weighted by Crippen LogP contribution is -2.39. The number of halogens is 3. The number of aliphatic imine (C=N–C) groups is 1. The number of nitrogens with zero attached hydrogens (tertiary/aromatic N) is 1. The third-order valence-corrected chi connectivity index (χ3v) is 2.61. The van der Waals surface area contributed by atoms with Crippen molar-refractivity contribution in [3.63, 3.8) is 0 Å². The summed E-state index contributed by atoms with van der Waals surface area (Å²) in [5.74, 6) is 0.497. The molecule has 1 saturated carbocycles. The van der Waals surface area contributed by atoms with Crippen molar-refractivity contribution in [3.8, 4) is 0 Å². The van der Waals surface area contributed by atoms with E-state index in [1.807, 2.05) is 0 Å². The van der Waals surface area contributed by atoms with Gasteiger partial charge in [0.2, 0.25) is 0 Å². The van der Waals surface area contributed by atoms with E-state index in [2.05, 4.69) is 10.3 Å². The number of hydrogen-bond donors (Lipinski definition) is 3. The highest BCUT2D eigenvalue weighted by molar-refractivity contribution is 5.77. The van der Waals surface area contributed by atoms with E-state index in [4.69, 9.17) is 10.8 Å². The van der Waals surface area contributed by atoms with Gasteiger partial charge in [-0.2, -0.15) is 13.2 Å². The molecule has 0 bridgehead atoms. The third kappa shape index (κ3) is 4.26. The molecule has 0 saturated heterocycles. The molecule has 0 amide bonds. The molecule has 0 aromatic rings. The lowest BCUT2D eigenvalue weighted by atomic mass is 9.85. The standard InChI is InChI=1S/C9H16F3N3O/c10-9(11,12)7(16)5-15-8(13)14-4-6-2-1-3-6/h6-7,16H,1-5H2,(H3,13,14,15). The van der Waals surface area contributed by atoms with Crippen LogP contribution < -0.4 is 11.1 Å². The minimum absolute atomic E-state index is 0.0461. The van der Waals surface area contributed by atoms with E-state index < -0.39 is 18.8 Å². The van der Waals surface area contributed by atoms with Gasteiger partial charge in [0.15, 0.2) is 12.1 Å². The van der Waals surface area contributed by atoms with Crippen molar-refractivity contribution in [2.45, 2.75) is 31.5 Å². The fourth-order valence-corrected chi connectivity index (χ4v) is 1.29. The fraction of sp³-hybridized carbons (Fsp3) is 0.889. The van der Waals surface area contributed by atoms with Crippen LogP contribution in [0.2, 0.25) is 0 Å². The Labute approximate surface area is 91.7 Å². The number of guanidine groups is 1. The summed E-state index contributed by atoms with van der Waals surface area (Å²) < 4.78 is 35.7. The topological polar surface area (TPSA) is 70.6 Å². The average molecular weight is 239 g/mol. The highest BCUT2D eigenvalue weighted by Gasteiger charge is 2.37. The summed E-state index contributed by atoms with van der Waals surface area (Å²) in [6.45, 7) is -0.121. The largest absolute Gasteiger partial charge is 0.416 e. The van der Waals surface area contributed by atoms with Crippen molar-refractivity contribution in [3.05, 3.63) is 0 Å². The molecule has 1 aliphatic carbocycles. The zero-order valence-electron chi connectivity index (χ0n) is 8.80. The number of aliphatic hydroxyl groups is 1. The normalized spacial score (nSPS) is 20.4. The van der Waals surface area contributed by atoms with E-state index >= 15 is 0 Å². The van der Waals surface area contributed by atoms with Crippen LogP contribution in [0.4, 0.5) is 13.2 Å². The van der Waals surface area contributed by atoms with Gasteiger partial charge < -0.3 is 16.2 Å². The van der Waals surface area contributed by atoms with Crippen LogP contribution in [-0.4, -0.2) is 36.4 Å². The molecule has 1 aliphatic rings. The minimum atomic E-state index is -4.64. The second-order valence-corrected chi connectivity index (χ2v) is 3.96. The number of nitrogens with two attached hydrogens (primary N) is 1. The van der Waals surface area contributed by atoms with Crippen LogP contribution in [0.5, 0.6) is 0 Å². The number of rotatable bonds is 4. The molecule has 1 rings (SSSR count). The van der Waals surface area contributed by atoms with Crippen molar-refractivity contribution in [1.29, 1.82) is 0 Å². The lowest BCUT2D eigenvalue weighted by molar-refractivity contribution is -0.199. The van der Waals surface area contributed by atoms with Gasteiger partial charge in [0.25, 0.3) is 0 Å². The molecule has 7 heteroatoms. The summed E-state index contributed by atoms with van der Waals surface area (Å²) in [4.78, 5) is 3.43. The van der Waals surface area contributed by atoms with E-state index in [1.54, 1.807) is 0 Å². The van der Waals surface area contributed by atoms with Crippen LogP contribution in [-0.2, 0) is 0 Å². The number of alkyl halides is 3. The predicted molar refractivity (Wildman–Crippen MR) is 53.9 cm³/mol. The van der Waals surface area contributed by atoms with Gasteiger partial charge >= 0.3 is 6.18 Å². The first kappa shape index (κ1) is 13.1.